The standard InChI is InChI=1S/C4H5NO2.H2S/c6-3-1-2-4(7)5-3;/h1-2H2,(H,5,6,7);1H2. The molecule has 0 aliphatic carbocycles. The van der Waals surface area contributed by atoms with Crippen LogP contribution in [0.5, 0.6) is 0 Å². The maximum Gasteiger partial charge on any atom is 0.227 e. The van der Waals surface area contributed by atoms with Gasteiger partial charge in [0.2, 0.25) is 11.8 Å². The van der Waals surface area contributed by atoms with Crippen molar-refractivity contribution in [1.29, 1.82) is 0 Å². The summed E-state index contributed by atoms with van der Waals surface area (Å²) in [5, 5.41) is 2.14. The fourth-order valence-corrected chi connectivity index (χ4v) is 0.508. The molecule has 0 bridgehead atoms. The molecule has 2 amide bonds. The Balaban J connectivity index is 0.000000490. The third-order valence-electron chi connectivity index (χ3n) is 0.858. The lowest BCUT2D eigenvalue weighted by Gasteiger charge is -1.79. The smallest absolute Gasteiger partial charge is 0.227 e. The Labute approximate surface area is 53.9 Å². The Morgan fingerprint density at radius 2 is 1.50 bits per heavy atom. The van der Waals surface area contributed by atoms with E-state index in [1.54, 1.807) is 0 Å². The number of hydrogen-bond donors (Lipinski definition) is 1. The third-order valence-corrected chi connectivity index (χ3v) is 0.858. The van der Waals surface area contributed by atoms with Crippen LogP contribution in [0, 0.1) is 0 Å². The Bertz CT molecular complexity index is 109. The maximum atomic E-state index is 10.1. The van der Waals surface area contributed by atoms with Gasteiger partial charge < -0.3 is 0 Å². The van der Waals surface area contributed by atoms with Crippen LogP contribution in [-0.2, 0) is 9.59 Å². The molecule has 0 atom stereocenters. The lowest BCUT2D eigenvalue weighted by molar-refractivity contribution is -0.124. The first-order valence-electron chi connectivity index (χ1n) is 2.12. The zero-order valence-corrected chi connectivity index (χ0v) is 5.23. The van der Waals surface area contributed by atoms with E-state index in [0.29, 0.717) is 12.8 Å². The summed E-state index contributed by atoms with van der Waals surface area (Å²) in [7, 11) is 0. The molecular formula is C4H7NO2S. The van der Waals surface area contributed by atoms with Crippen molar-refractivity contribution in [3.05, 3.63) is 0 Å². The van der Waals surface area contributed by atoms with E-state index in [9.17, 15) is 9.59 Å². The normalized spacial score (nSPS) is 17.5. The second-order valence-corrected chi connectivity index (χ2v) is 1.47. The second kappa shape index (κ2) is 2.71. The van der Waals surface area contributed by atoms with Crippen molar-refractivity contribution in [3.63, 3.8) is 0 Å². The van der Waals surface area contributed by atoms with Gasteiger partial charge in [0.05, 0.1) is 0 Å². The van der Waals surface area contributed by atoms with Gasteiger partial charge in [0.1, 0.15) is 0 Å². The minimum absolute atomic E-state index is 0. The Kier molecular flexibility index (Phi) is 2.54. The van der Waals surface area contributed by atoms with Gasteiger partial charge in [0.25, 0.3) is 0 Å². The summed E-state index contributed by atoms with van der Waals surface area (Å²) in [5.41, 5.74) is 0. The van der Waals surface area contributed by atoms with Crippen LogP contribution in [0.4, 0.5) is 0 Å². The minimum atomic E-state index is -0.148. The van der Waals surface area contributed by atoms with Gasteiger partial charge in [-0.25, -0.2) is 0 Å². The van der Waals surface area contributed by atoms with Crippen LogP contribution < -0.4 is 5.32 Å². The van der Waals surface area contributed by atoms with Crippen molar-refractivity contribution in [2.75, 3.05) is 0 Å². The van der Waals surface area contributed by atoms with Crippen molar-refractivity contribution >= 4 is 25.3 Å². The summed E-state index contributed by atoms with van der Waals surface area (Å²) in [6, 6.07) is 0. The SMILES string of the molecule is O=C1CCC(=O)N1.S. The van der Waals surface area contributed by atoms with E-state index in [4.69, 9.17) is 0 Å². The summed E-state index contributed by atoms with van der Waals surface area (Å²) in [6.45, 7) is 0. The molecule has 0 aromatic rings. The highest BCUT2D eigenvalue weighted by molar-refractivity contribution is 7.59. The van der Waals surface area contributed by atoms with E-state index in [2.05, 4.69) is 5.32 Å². The van der Waals surface area contributed by atoms with Crippen molar-refractivity contribution < 1.29 is 9.59 Å². The zero-order chi connectivity index (χ0) is 5.28. The van der Waals surface area contributed by atoms with E-state index in [1.807, 2.05) is 0 Å². The van der Waals surface area contributed by atoms with Gasteiger partial charge in [0.15, 0.2) is 0 Å². The van der Waals surface area contributed by atoms with Crippen LogP contribution in [0.15, 0.2) is 0 Å². The molecule has 1 fully saturated rings. The predicted octanol–water partition coefficient (Wildman–Crippen LogP) is -0.464. The van der Waals surface area contributed by atoms with E-state index in [0.717, 1.165) is 0 Å². The number of carbonyl (C=O) groups excluding carboxylic acids is 2. The predicted molar refractivity (Wildman–Crippen MR) is 32.8 cm³/mol. The average molecular weight is 133 g/mol. The van der Waals surface area contributed by atoms with Crippen LogP contribution in [0.2, 0.25) is 0 Å². The molecule has 1 saturated heterocycles. The van der Waals surface area contributed by atoms with Crippen molar-refractivity contribution in [2.24, 2.45) is 0 Å². The molecule has 1 aliphatic heterocycles. The van der Waals surface area contributed by atoms with Crippen molar-refractivity contribution in [1.82, 2.24) is 5.32 Å². The first kappa shape index (κ1) is 7.49. The number of imide groups is 1. The summed E-state index contributed by atoms with van der Waals surface area (Å²) < 4.78 is 0. The number of hydrogen-bond acceptors (Lipinski definition) is 2. The molecule has 1 rings (SSSR count). The van der Waals surface area contributed by atoms with Crippen LogP contribution in [0.25, 0.3) is 0 Å². The molecule has 1 N–H and O–H groups in total. The minimum Gasteiger partial charge on any atom is -0.296 e. The number of rotatable bonds is 0. The maximum absolute atomic E-state index is 10.1. The second-order valence-electron chi connectivity index (χ2n) is 1.47. The highest BCUT2D eigenvalue weighted by atomic mass is 32.1. The molecule has 0 radical (unpaired) electrons. The molecule has 0 spiro atoms. The summed E-state index contributed by atoms with van der Waals surface area (Å²) in [5.74, 6) is -0.296. The third kappa shape index (κ3) is 1.54. The Morgan fingerprint density at radius 3 is 1.62 bits per heavy atom. The van der Waals surface area contributed by atoms with Crippen molar-refractivity contribution in [3.8, 4) is 0 Å². The molecular weight excluding hydrogens is 126 g/mol. The first-order chi connectivity index (χ1) is 3.29. The number of nitrogens with one attached hydrogen (secondary N) is 1. The van der Waals surface area contributed by atoms with Crippen LogP contribution >= 0.6 is 13.5 Å². The summed E-state index contributed by atoms with van der Waals surface area (Å²) in [4.78, 5) is 20.2. The quantitative estimate of drug-likeness (QED) is 0.454. The Hall–Kier alpha value is -0.510. The van der Waals surface area contributed by atoms with Crippen LogP contribution in [0.1, 0.15) is 12.8 Å². The van der Waals surface area contributed by atoms with Gasteiger partial charge in [-0.15, -0.1) is 0 Å². The van der Waals surface area contributed by atoms with Gasteiger partial charge in [-0.3, -0.25) is 14.9 Å². The van der Waals surface area contributed by atoms with Gasteiger partial charge in [-0.1, -0.05) is 0 Å². The fraction of sp³-hybridized carbons (Fsp3) is 0.500. The number of carbonyl (C=O) groups is 2. The van der Waals surface area contributed by atoms with E-state index < -0.39 is 0 Å². The lowest BCUT2D eigenvalue weighted by atomic mass is 10.4. The molecule has 0 saturated carbocycles. The lowest BCUT2D eigenvalue weighted by Crippen LogP contribution is -2.18. The molecule has 0 aromatic carbocycles. The van der Waals surface area contributed by atoms with E-state index >= 15 is 0 Å². The summed E-state index contributed by atoms with van der Waals surface area (Å²) >= 11 is 0. The van der Waals surface area contributed by atoms with Crippen LogP contribution in [-0.4, -0.2) is 11.8 Å². The molecule has 46 valence electrons. The molecule has 0 aromatic heterocycles. The van der Waals surface area contributed by atoms with Gasteiger partial charge in [0, 0.05) is 12.8 Å². The molecule has 1 heterocycles. The molecule has 0 unspecified atom stereocenters. The average Bonchev–Trinajstić information content (AvgIpc) is 1.87. The van der Waals surface area contributed by atoms with Gasteiger partial charge in [-0.2, -0.15) is 13.5 Å². The number of amides is 2. The van der Waals surface area contributed by atoms with Crippen LogP contribution in [0.3, 0.4) is 0 Å². The monoisotopic (exact) mass is 133 g/mol. The molecule has 8 heavy (non-hydrogen) atoms. The van der Waals surface area contributed by atoms with E-state index in [-0.39, 0.29) is 25.3 Å². The molecule has 1 aliphatic rings. The van der Waals surface area contributed by atoms with Gasteiger partial charge >= 0.3 is 0 Å². The topological polar surface area (TPSA) is 46.2 Å². The molecule has 3 nitrogen and oxygen atoms in total. The molecule has 4 heteroatoms. The summed E-state index contributed by atoms with van der Waals surface area (Å²) in [6.07, 6.45) is 0.748. The largest absolute Gasteiger partial charge is 0.296 e. The van der Waals surface area contributed by atoms with Gasteiger partial charge in [-0.05, 0) is 0 Å². The van der Waals surface area contributed by atoms with E-state index in [1.165, 1.54) is 0 Å². The fourth-order valence-electron chi connectivity index (χ4n) is 0.508. The zero-order valence-electron chi connectivity index (χ0n) is 4.23. The Morgan fingerprint density at radius 1 is 1.12 bits per heavy atom. The first-order valence-corrected chi connectivity index (χ1v) is 2.12. The highest BCUT2D eigenvalue weighted by Crippen LogP contribution is 1.95. The van der Waals surface area contributed by atoms with Crippen molar-refractivity contribution in [2.45, 2.75) is 12.8 Å². The highest BCUT2D eigenvalue weighted by Gasteiger charge is 2.15.